The van der Waals surface area contributed by atoms with Crippen LogP contribution in [0.25, 0.3) is 0 Å². The van der Waals surface area contributed by atoms with E-state index in [2.05, 4.69) is 18.8 Å². The van der Waals surface area contributed by atoms with Gasteiger partial charge in [0.05, 0.1) is 26.4 Å². The Morgan fingerprint density at radius 1 is 0.727 bits per heavy atom. The highest BCUT2D eigenvalue weighted by Gasteiger charge is 2.32. The van der Waals surface area contributed by atoms with E-state index in [1.807, 2.05) is 32.3 Å². The fourth-order valence-corrected chi connectivity index (χ4v) is 8.88. The standard InChI is InChI=1S/C42H77N2O8PS2/c1-5-7-9-11-13-15-17-19-21-23-25-30-41(45)49-37-39(52-42(46)31-26-24-22-20-18-16-14-12-10-8-6-2)38-51-53(47,48)50-35-33-44(3,4)34-36-54-55-40-29-27-28-32-43-40/h27-29,32,39H,5-26,30-31,33-38H2,1-4H3/p+1. The number of esters is 2. The number of ether oxygens (including phenoxy) is 2. The fourth-order valence-electron chi connectivity index (χ4n) is 6.00. The molecule has 0 amide bonds. The van der Waals surface area contributed by atoms with Crippen LogP contribution in [0.5, 0.6) is 0 Å². The molecule has 1 heterocycles. The number of aromatic nitrogens is 1. The first-order chi connectivity index (χ1) is 26.6. The second kappa shape index (κ2) is 35.0. The van der Waals surface area contributed by atoms with Gasteiger partial charge in [-0.1, -0.05) is 159 Å². The van der Waals surface area contributed by atoms with Crippen molar-refractivity contribution in [2.45, 2.75) is 179 Å². The van der Waals surface area contributed by atoms with Gasteiger partial charge in [-0.05, 0) is 35.8 Å². The Kier molecular flexibility index (Phi) is 33.1. The van der Waals surface area contributed by atoms with Gasteiger partial charge in [0.1, 0.15) is 31.4 Å². The van der Waals surface area contributed by atoms with Gasteiger partial charge in [0.25, 0.3) is 0 Å². The Morgan fingerprint density at radius 2 is 1.24 bits per heavy atom. The van der Waals surface area contributed by atoms with Crippen molar-refractivity contribution >= 4 is 41.7 Å². The van der Waals surface area contributed by atoms with Gasteiger partial charge in [-0.25, -0.2) is 4.98 Å². The zero-order valence-corrected chi connectivity index (χ0v) is 37.6. The molecule has 1 aromatic rings. The molecule has 55 heavy (non-hydrogen) atoms. The molecule has 0 aliphatic heterocycles. The highest BCUT2D eigenvalue weighted by Crippen LogP contribution is 2.47. The maximum Gasteiger partial charge on any atom is 0.377 e. The Morgan fingerprint density at radius 3 is 1.75 bits per heavy atom. The number of rotatable bonds is 39. The smallest absolute Gasteiger partial charge is 0.377 e. The number of phosphoric acid groups is 1. The average Bonchev–Trinajstić information content (AvgIpc) is 3.16. The lowest BCUT2D eigenvalue weighted by Gasteiger charge is -2.30. The number of phosphoric ester groups is 1. The average molecular weight is 834 g/mol. The van der Waals surface area contributed by atoms with Gasteiger partial charge in [-0.3, -0.25) is 9.59 Å². The zero-order chi connectivity index (χ0) is 40.3. The molecular formula is C42H78N2O8PS2+. The van der Waals surface area contributed by atoms with Crippen LogP contribution in [0.15, 0.2) is 29.4 Å². The predicted octanol–water partition coefficient (Wildman–Crippen LogP) is 10.8. The molecule has 2 atom stereocenters. The van der Waals surface area contributed by atoms with Crippen LogP contribution < -0.4 is 4.89 Å². The molecule has 0 spiro atoms. The molecule has 13 heteroatoms. The van der Waals surface area contributed by atoms with E-state index in [-0.39, 0.29) is 32.0 Å². The van der Waals surface area contributed by atoms with Gasteiger partial charge >= 0.3 is 20.1 Å². The summed E-state index contributed by atoms with van der Waals surface area (Å²) in [5.41, 5.74) is 0. The van der Waals surface area contributed by atoms with Gasteiger partial charge in [0.15, 0.2) is 6.10 Å². The van der Waals surface area contributed by atoms with Crippen molar-refractivity contribution in [1.82, 2.24) is 4.98 Å². The summed E-state index contributed by atoms with van der Waals surface area (Å²) in [6.45, 7) is 5.15. The first-order valence-corrected chi connectivity index (χ1v) is 25.4. The number of quaternary nitrogens is 1. The van der Waals surface area contributed by atoms with E-state index in [1.54, 1.807) is 27.8 Å². The normalized spacial score (nSPS) is 13.4. The number of unbranched alkanes of at least 4 members (excludes halogenated alkanes) is 20. The van der Waals surface area contributed by atoms with Gasteiger partial charge in [0, 0.05) is 19.0 Å². The Hall–Kier alpha value is -0.980. The maximum atomic E-state index is 12.8. The van der Waals surface area contributed by atoms with Gasteiger partial charge in [-0.2, -0.15) is 13.9 Å². The molecule has 10 nitrogen and oxygen atoms in total. The molecular weight excluding hydrogens is 756 g/mol. The molecule has 0 aromatic carbocycles. The molecule has 1 rings (SSSR count). The molecule has 320 valence electrons. The van der Waals surface area contributed by atoms with E-state index in [4.69, 9.17) is 18.5 Å². The molecule has 2 unspecified atom stereocenters. The molecule has 1 aromatic heterocycles. The van der Waals surface area contributed by atoms with E-state index >= 15 is 0 Å². The van der Waals surface area contributed by atoms with Gasteiger partial charge in [-0.15, -0.1) is 0 Å². The van der Waals surface area contributed by atoms with Crippen molar-refractivity contribution in [1.29, 1.82) is 0 Å². The molecule has 1 N–H and O–H groups in total. The van der Waals surface area contributed by atoms with Crippen LogP contribution in [0.3, 0.4) is 0 Å². The Bertz CT molecular complexity index is 1060. The third-order valence-electron chi connectivity index (χ3n) is 9.63. The molecule has 0 bridgehead atoms. The van der Waals surface area contributed by atoms with Crippen LogP contribution in [0.4, 0.5) is 0 Å². The minimum Gasteiger partial charge on any atom is -0.606 e. The number of pyridine rings is 1. The van der Waals surface area contributed by atoms with Crippen LogP contribution in [-0.4, -0.2) is 85.2 Å². The van der Waals surface area contributed by atoms with E-state index in [0.717, 1.165) is 49.4 Å². The quantitative estimate of drug-likeness (QED) is 0.0224. The number of hydrogen-bond donors (Lipinski definition) is 1. The van der Waals surface area contributed by atoms with Crippen molar-refractivity contribution in [3.05, 3.63) is 24.4 Å². The van der Waals surface area contributed by atoms with Crippen molar-refractivity contribution in [3.63, 3.8) is 0 Å². The highest BCUT2D eigenvalue weighted by atomic mass is 33.1. The summed E-state index contributed by atoms with van der Waals surface area (Å²) in [6.07, 6.45) is 27.3. The summed E-state index contributed by atoms with van der Waals surface area (Å²) in [5, 5.41) is 0.955. The van der Waals surface area contributed by atoms with E-state index in [1.165, 1.54) is 103 Å². The zero-order valence-electron chi connectivity index (χ0n) is 35.1. The third-order valence-corrected chi connectivity index (χ3v) is 12.9. The summed E-state index contributed by atoms with van der Waals surface area (Å²) < 4.78 is 22.2. The first-order valence-electron chi connectivity index (χ1n) is 21.6. The monoisotopic (exact) mass is 833 g/mol. The van der Waals surface area contributed by atoms with Crippen molar-refractivity contribution in [2.75, 3.05) is 52.8 Å². The molecule has 0 aliphatic carbocycles. The number of carbonyl (C=O) groups excluding carboxylic acids is 2. The number of hydrogen-bond acceptors (Lipinski definition) is 11. The summed E-state index contributed by atoms with van der Waals surface area (Å²) in [7, 11) is 2.96. The second-order valence-electron chi connectivity index (χ2n) is 15.4. The minimum atomic E-state index is -4.44. The maximum absolute atomic E-state index is 12.8. The predicted molar refractivity (Wildman–Crippen MR) is 228 cm³/mol. The van der Waals surface area contributed by atoms with Crippen LogP contribution in [-0.2, 0) is 28.1 Å². The second-order valence-corrected chi connectivity index (χ2v) is 19.3. The molecule has 0 radical (unpaired) electrons. The topological polar surface area (TPSA) is 127 Å². The lowest BCUT2D eigenvalue weighted by Crippen LogP contribution is -2.44. The first kappa shape index (κ1) is 52.0. The van der Waals surface area contributed by atoms with Crippen LogP contribution in [0.1, 0.15) is 168 Å². The molecule has 0 saturated carbocycles. The van der Waals surface area contributed by atoms with Gasteiger partial charge < -0.3 is 18.9 Å². The van der Waals surface area contributed by atoms with Gasteiger partial charge in [0.2, 0.25) is 0 Å². The summed E-state index contributed by atoms with van der Waals surface area (Å²) in [5.74, 6) is 0.0614. The Balaban J connectivity index is 2.44. The van der Waals surface area contributed by atoms with Crippen molar-refractivity contribution < 1.29 is 42.4 Å². The molecule has 0 fully saturated rings. The largest absolute Gasteiger partial charge is 0.606 e. The summed E-state index contributed by atoms with van der Waals surface area (Å²) in [6, 6.07) is 5.82. The van der Waals surface area contributed by atoms with Crippen LogP contribution in [0.2, 0.25) is 0 Å². The summed E-state index contributed by atoms with van der Waals surface area (Å²) >= 11 is 0. The minimum absolute atomic E-state index is 0.0100. The van der Waals surface area contributed by atoms with Crippen molar-refractivity contribution in [2.24, 2.45) is 0 Å². The number of carbonyl (C=O) groups is 2. The van der Waals surface area contributed by atoms with E-state index in [9.17, 15) is 19.4 Å². The van der Waals surface area contributed by atoms with Crippen molar-refractivity contribution in [3.8, 4) is 0 Å². The fraction of sp³-hybridized carbons (Fsp3) is 0.833. The SMILES string of the molecule is CCCCCCCCCCCCCC(=O)OCC(CO[P+]([O-])(O)OCC[N+](C)(C)CCSSc1ccccn1)OC(=O)CCCCCCCCCCCCC. The highest BCUT2D eigenvalue weighted by molar-refractivity contribution is 8.76. The third kappa shape index (κ3) is 33.7. The summed E-state index contributed by atoms with van der Waals surface area (Å²) in [4.78, 5) is 52.8. The lowest BCUT2D eigenvalue weighted by molar-refractivity contribution is -0.887. The number of likely N-dealkylation sites (N-methyl/N-ethyl adjacent to an activating group) is 1. The van der Waals surface area contributed by atoms with Crippen LogP contribution in [0, 0.1) is 0 Å². The Labute approximate surface area is 344 Å². The van der Waals surface area contributed by atoms with E-state index in [0.29, 0.717) is 17.4 Å². The number of nitrogens with zero attached hydrogens (tertiary/aromatic N) is 2. The molecule has 0 saturated heterocycles. The van der Waals surface area contributed by atoms with Crippen LogP contribution >= 0.6 is 29.8 Å². The lowest BCUT2D eigenvalue weighted by atomic mass is 10.1. The molecule has 0 aliphatic rings. The van der Waals surface area contributed by atoms with E-state index < -0.39 is 26.9 Å².